The lowest BCUT2D eigenvalue weighted by Gasteiger charge is -2.27. The van der Waals surface area contributed by atoms with E-state index in [2.05, 4.69) is 182 Å². The standard InChI is InChI=1S/C39H36P4/c1-7-19-34(20-8-1)41(35-21-9-2-10-22-35)31-40(32-42(36-23-11-3-12-24-36)37-25-13-4-14-26-37)33-43(38-27-15-5-16-28-38)39-29-17-6-18-30-39/h1-30H,31-33H2/p+1. The van der Waals surface area contributed by atoms with Crippen molar-refractivity contribution in [1.82, 2.24) is 0 Å². The summed E-state index contributed by atoms with van der Waals surface area (Å²) in [6.07, 6.45) is 0. The van der Waals surface area contributed by atoms with E-state index < -0.39 is 31.7 Å². The molecule has 0 aliphatic rings. The Kier molecular flexibility index (Phi) is 11.0. The highest BCUT2D eigenvalue weighted by molar-refractivity contribution is 7.94. The van der Waals surface area contributed by atoms with E-state index in [4.69, 9.17) is 0 Å². The molecule has 43 heavy (non-hydrogen) atoms. The third-order valence-corrected chi connectivity index (χ3v) is 22.2. The average Bonchev–Trinajstić information content (AvgIpc) is 3.10. The summed E-state index contributed by atoms with van der Waals surface area (Å²) in [5.74, 6) is 3.85. The maximum Gasteiger partial charge on any atom is 0.0845 e. The molecule has 0 aliphatic heterocycles. The van der Waals surface area contributed by atoms with E-state index in [-0.39, 0.29) is 0 Å². The molecule has 0 unspecified atom stereocenters. The van der Waals surface area contributed by atoms with Crippen LogP contribution in [0.2, 0.25) is 0 Å². The van der Waals surface area contributed by atoms with Gasteiger partial charge in [0.2, 0.25) is 0 Å². The molecule has 0 aliphatic carbocycles. The molecule has 0 fully saturated rings. The van der Waals surface area contributed by atoms with Crippen LogP contribution >= 0.6 is 31.7 Å². The number of benzene rings is 6. The molecule has 0 aromatic heterocycles. The highest BCUT2D eigenvalue weighted by Crippen LogP contribution is 2.61. The zero-order valence-electron chi connectivity index (χ0n) is 24.3. The second-order valence-electron chi connectivity index (χ2n) is 10.5. The van der Waals surface area contributed by atoms with Gasteiger partial charge in [-0.25, -0.2) is 0 Å². The van der Waals surface area contributed by atoms with Gasteiger partial charge in [0.15, 0.2) is 0 Å². The molecule has 4 heteroatoms. The van der Waals surface area contributed by atoms with Crippen LogP contribution in [0.3, 0.4) is 0 Å². The van der Waals surface area contributed by atoms with Crippen LogP contribution in [0.4, 0.5) is 0 Å². The largest absolute Gasteiger partial charge is 0.0845 e. The van der Waals surface area contributed by atoms with Crippen LogP contribution in [0.1, 0.15) is 0 Å². The summed E-state index contributed by atoms with van der Waals surface area (Å²) >= 11 is 0. The van der Waals surface area contributed by atoms with E-state index in [1.807, 2.05) is 0 Å². The van der Waals surface area contributed by atoms with E-state index in [1.54, 1.807) is 0 Å². The fraction of sp³-hybridized carbons (Fsp3) is 0.0769. The van der Waals surface area contributed by atoms with Crippen molar-refractivity contribution in [2.24, 2.45) is 0 Å². The van der Waals surface area contributed by atoms with E-state index in [1.165, 1.54) is 49.5 Å². The average molecular weight is 630 g/mol. The van der Waals surface area contributed by atoms with Gasteiger partial charge in [0.1, 0.15) is 0 Å². The van der Waals surface area contributed by atoms with Gasteiger partial charge in [0, 0.05) is 7.92 Å². The lowest BCUT2D eigenvalue weighted by Crippen LogP contribution is -2.19. The zero-order valence-corrected chi connectivity index (χ0v) is 28.0. The van der Waals surface area contributed by atoms with Crippen LogP contribution in [-0.2, 0) is 0 Å². The minimum atomic E-state index is -0.837. The van der Waals surface area contributed by atoms with Gasteiger partial charge < -0.3 is 0 Å². The first-order chi connectivity index (χ1) is 21.3. The van der Waals surface area contributed by atoms with Crippen molar-refractivity contribution in [3.8, 4) is 0 Å². The molecule has 0 heterocycles. The first kappa shape index (κ1) is 30.1. The molecule has 0 saturated heterocycles. The molecule has 6 rings (SSSR count). The Balaban J connectivity index is 1.43. The lowest BCUT2D eigenvalue weighted by atomic mass is 10.4. The maximum absolute atomic E-state index is 2.37. The van der Waals surface area contributed by atoms with E-state index in [9.17, 15) is 0 Å². The van der Waals surface area contributed by atoms with Gasteiger partial charge in [-0.2, -0.15) is 0 Å². The highest BCUT2D eigenvalue weighted by Gasteiger charge is 2.32. The van der Waals surface area contributed by atoms with Crippen LogP contribution in [0.5, 0.6) is 0 Å². The third-order valence-electron chi connectivity index (χ3n) is 7.55. The van der Waals surface area contributed by atoms with E-state index >= 15 is 0 Å². The van der Waals surface area contributed by atoms with Crippen molar-refractivity contribution in [3.05, 3.63) is 182 Å². The van der Waals surface area contributed by atoms with Gasteiger partial charge in [-0.1, -0.05) is 182 Å². The first-order valence-electron chi connectivity index (χ1n) is 14.8. The van der Waals surface area contributed by atoms with Crippen molar-refractivity contribution in [2.75, 3.05) is 17.7 Å². The van der Waals surface area contributed by atoms with Crippen LogP contribution in [0.25, 0.3) is 0 Å². The van der Waals surface area contributed by atoms with E-state index in [0.717, 1.165) is 0 Å². The van der Waals surface area contributed by atoms with Gasteiger partial charge in [0.25, 0.3) is 0 Å². The quantitative estimate of drug-likeness (QED) is 0.119. The Hall–Kier alpha value is -2.96. The van der Waals surface area contributed by atoms with Gasteiger partial charge in [-0.3, -0.25) is 0 Å². The van der Waals surface area contributed by atoms with Crippen LogP contribution in [-0.4, -0.2) is 17.7 Å². The van der Waals surface area contributed by atoms with Crippen LogP contribution in [0, 0.1) is 0 Å². The maximum atomic E-state index is 2.37. The number of hydrogen-bond donors (Lipinski definition) is 0. The predicted molar refractivity (Wildman–Crippen MR) is 200 cm³/mol. The fourth-order valence-electron chi connectivity index (χ4n) is 5.46. The Morgan fingerprint density at radius 1 is 0.256 bits per heavy atom. The lowest BCUT2D eigenvalue weighted by molar-refractivity contribution is 1.72. The summed E-state index contributed by atoms with van der Waals surface area (Å²) in [7, 11) is -2.22. The molecular weight excluding hydrogens is 592 g/mol. The Morgan fingerprint density at radius 3 is 0.581 bits per heavy atom. The van der Waals surface area contributed by atoms with Gasteiger partial charge in [0.05, 0.1) is 17.7 Å². The minimum Gasteiger partial charge on any atom is -0.0622 e. The molecule has 0 radical (unpaired) electrons. The Morgan fingerprint density at radius 2 is 0.419 bits per heavy atom. The van der Waals surface area contributed by atoms with Crippen LogP contribution in [0.15, 0.2) is 182 Å². The summed E-state index contributed by atoms with van der Waals surface area (Å²) in [5.41, 5.74) is 0. The monoisotopic (exact) mass is 629 g/mol. The second-order valence-corrected chi connectivity index (χ2v) is 21.5. The van der Waals surface area contributed by atoms with Gasteiger partial charge in [-0.15, -0.1) is 0 Å². The highest BCUT2D eigenvalue weighted by atomic mass is 31.2. The molecule has 0 spiro atoms. The molecule has 0 amide bonds. The molecule has 6 aromatic carbocycles. The number of hydrogen-bond acceptors (Lipinski definition) is 0. The van der Waals surface area contributed by atoms with Crippen molar-refractivity contribution in [2.45, 2.75) is 0 Å². The summed E-state index contributed by atoms with van der Waals surface area (Å²) in [6.45, 7) is 0. The van der Waals surface area contributed by atoms with Crippen molar-refractivity contribution >= 4 is 63.5 Å². The van der Waals surface area contributed by atoms with Crippen molar-refractivity contribution in [1.29, 1.82) is 0 Å². The Labute approximate surface area is 262 Å². The minimum absolute atomic E-state index is 0.461. The van der Waals surface area contributed by atoms with Crippen molar-refractivity contribution < 1.29 is 0 Å². The summed E-state index contributed by atoms with van der Waals surface area (Å²) in [5, 5.41) is 8.99. The molecule has 0 saturated carbocycles. The molecule has 0 nitrogen and oxygen atoms in total. The molecule has 6 aromatic rings. The van der Waals surface area contributed by atoms with Crippen LogP contribution < -0.4 is 31.8 Å². The molecule has 212 valence electrons. The van der Waals surface area contributed by atoms with Gasteiger partial charge in [-0.05, 0) is 55.6 Å². The summed E-state index contributed by atoms with van der Waals surface area (Å²) in [6, 6.07) is 68.0. The normalized spacial score (nSPS) is 11.4. The van der Waals surface area contributed by atoms with Crippen molar-refractivity contribution in [3.63, 3.8) is 0 Å². The summed E-state index contributed by atoms with van der Waals surface area (Å²) in [4.78, 5) is 0. The van der Waals surface area contributed by atoms with E-state index in [0.29, 0.717) is 0 Å². The Bertz CT molecular complexity index is 1310. The second kappa shape index (κ2) is 15.7. The first-order valence-corrected chi connectivity index (χ1v) is 21.5. The molecular formula is C39H37P4+. The predicted octanol–water partition coefficient (Wildman–Crippen LogP) is 8.47. The fourth-order valence-corrected chi connectivity index (χ4v) is 23.2. The third kappa shape index (κ3) is 8.16. The molecule has 0 atom stereocenters. The molecule has 0 bridgehead atoms. The topological polar surface area (TPSA) is 0 Å². The number of rotatable bonds is 12. The summed E-state index contributed by atoms with van der Waals surface area (Å²) < 4.78 is 0. The van der Waals surface area contributed by atoms with Gasteiger partial charge >= 0.3 is 0 Å². The molecule has 0 N–H and O–H groups in total. The SMILES string of the molecule is c1ccc(P(C[PH+](CP(c2ccccc2)c2ccccc2)CP(c2ccccc2)c2ccccc2)c2ccccc2)cc1. The zero-order chi connectivity index (χ0) is 29.1. The smallest absolute Gasteiger partial charge is 0.0622 e.